The second kappa shape index (κ2) is 31.2. The first-order valence-corrected chi connectivity index (χ1v) is 48.6. The van der Waals surface area contributed by atoms with Crippen LogP contribution in [0.3, 0.4) is 0 Å². The van der Waals surface area contributed by atoms with E-state index in [4.69, 9.17) is 9.97 Å². The number of pyridine rings is 2. The van der Waals surface area contributed by atoms with Gasteiger partial charge in [-0.3, -0.25) is 0 Å². The van der Waals surface area contributed by atoms with Gasteiger partial charge in [-0.2, -0.15) is 0 Å². The summed E-state index contributed by atoms with van der Waals surface area (Å²) < 4.78 is 4.89. The van der Waals surface area contributed by atoms with Crippen LogP contribution in [0.4, 0.5) is 0 Å². The molecule has 0 amide bonds. The van der Waals surface area contributed by atoms with E-state index in [1.165, 1.54) is 187 Å². The third kappa shape index (κ3) is 11.8. The molecule has 4 nitrogen and oxygen atoms in total. The molecule has 0 bridgehead atoms. The van der Waals surface area contributed by atoms with Crippen molar-refractivity contribution in [1.82, 2.24) is 19.1 Å². The van der Waals surface area contributed by atoms with Crippen LogP contribution in [0.2, 0.25) is 0 Å². The lowest BCUT2D eigenvalue weighted by atomic mass is 9.70. The summed E-state index contributed by atoms with van der Waals surface area (Å²) in [6.07, 6.45) is 0. The monoisotopic (exact) mass is 1770 g/mol. The van der Waals surface area contributed by atoms with Crippen LogP contribution in [-0.4, -0.2) is 19.1 Å². The fraction of sp³-hybridized carbons (Fsp3) is 0.0147. The van der Waals surface area contributed by atoms with E-state index in [0.717, 1.165) is 89.8 Å². The van der Waals surface area contributed by atoms with Gasteiger partial charge in [0.15, 0.2) is 0 Å². The van der Waals surface area contributed by atoms with Gasteiger partial charge in [0.1, 0.15) is 0 Å². The van der Waals surface area contributed by atoms with Crippen LogP contribution in [0.15, 0.2) is 510 Å². The Hall–Kier alpha value is -18.2. The highest BCUT2D eigenvalue weighted by Crippen LogP contribution is 2.66. The van der Waals surface area contributed by atoms with Gasteiger partial charge in [0.2, 0.25) is 0 Å². The van der Waals surface area contributed by atoms with Gasteiger partial charge in [0, 0.05) is 55.2 Å². The number of benzene rings is 22. The van der Waals surface area contributed by atoms with Crippen molar-refractivity contribution in [3.05, 3.63) is 554 Å². The minimum atomic E-state index is -0.455. The molecule has 26 aromatic rings. The number of hydrogen-bond donors (Lipinski definition) is 0. The van der Waals surface area contributed by atoms with Crippen molar-refractivity contribution in [1.29, 1.82) is 0 Å². The number of para-hydroxylation sites is 4. The molecule has 0 radical (unpaired) electrons. The van der Waals surface area contributed by atoms with E-state index in [1.54, 1.807) is 0 Å². The number of fused-ring (bicyclic) bond motifs is 32. The summed E-state index contributed by atoms with van der Waals surface area (Å²) in [5.41, 5.74) is 44.1. The summed E-state index contributed by atoms with van der Waals surface area (Å²) in [5.74, 6) is 0. The predicted molar refractivity (Wildman–Crippen MR) is 583 cm³/mol. The molecule has 648 valence electrons. The molecule has 0 atom stereocenters. The van der Waals surface area contributed by atoms with E-state index in [2.05, 4.69) is 519 Å². The van der Waals surface area contributed by atoms with Crippen LogP contribution in [0, 0.1) is 0 Å². The molecule has 0 unspecified atom stereocenters. The van der Waals surface area contributed by atoms with Gasteiger partial charge < -0.3 is 9.13 Å². The van der Waals surface area contributed by atoms with Crippen molar-refractivity contribution < 1.29 is 0 Å². The number of rotatable bonds is 10. The van der Waals surface area contributed by atoms with Crippen LogP contribution in [0.25, 0.3) is 232 Å². The zero-order valence-electron chi connectivity index (χ0n) is 76.3. The first kappa shape index (κ1) is 79.2. The Kier molecular flexibility index (Phi) is 17.6. The zero-order chi connectivity index (χ0) is 91.8. The van der Waals surface area contributed by atoms with Crippen molar-refractivity contribution in [3.63, 3.8) is 0 Å². The molecule has 0 aliphatic heterocycles. The number of aromatic nitrogens is 4. The van der Waals surface area contributed by atoms with E-state index in [1.807, 2.05) is 0 Å². The van der Waals surface area contributed by atoms with Gasteiger partial charge in [0.25, 0.3) is 0 Å². The number of nitrogens with zero attached hydrogens (tertiary/aromatic N) is 4. The highest BCUT2D eigenvalue weighted by atomic mass is 15.0. The summed E-state index contributed by atoms with van der Waals surface area (Å²) in [6, 6.07) is 188. The van der Waals surface area contributed by atoms with E-state index < -0.39 is 10.8 Å². The molecule has 0 saturated carbocycles. The fourth-order valence-electron chi connectivity index (χ4n) is 24.9. The highest BCUT2D eigenvalue weighted by molar-refractivity contribution is 6.17. The van der Waals surface area contributed by atoms with Crippen molar-refractivity contribution >= 4 is 86.7 Å². The molecule has 0 saturated heterocycles. The molecule has 4 heterocycles. The third-order valence-corrected chi connectivity index (χ3v) is 30.7. The Morgan fingerprint density at radius 3 is 0.857 bits per heavy atom. The predicted octanol–water partition coefficient (Wildman–Crippen LogP) is 35.0. The summed E-state index contributed by atoms with van der Waals surface area (Å²) in [7, 11) is 0. The fourth-order valence-corrected chi connectivity index (χ4v) is 24.9. The Bertz CT molecular complexity index is 9410. The van der Waals surface area contributed by atoms with Crippen molar-refractivity contribution in [2.45, 2.75) is 10.8 Å². The normalized spacial score (nSPS) is 13.0. The van der Waals surface area contributed by atoms with Gasteiger partial charge >= 0.3 is 0 Å². The quantitative estimate of drug-likeness (QED) is 0.128. The maximum Gasteiger partial charge on any atom is 0.0725 e. The molecular weight excluding hydrogens is 1690 g/mol. The largest absolute Gasteiger partial charge is 0.309 e. The molecule has 0 N–H and O–H groups in total. The van der Waals surface area contributed by atoms with Crippen LogP contribution >= 0.6 is 0 Å². The van der Waals surface area contributed by atoms with Gasteiger partial charge in [-0.15, -0.1) is 0 Å². The van der Waals surface area contributed by atoms with Gasteiger partial charge in [-0.1, -0.05) is 406 Å². The summed E-state index contributed by atoms with van der Waals surface area (Å²) in [6.45, 7) is 0. The van der Waals surface area contributed by atoms with Crippen LogP contribution in [0.5, 0.6) is 0 Å². The first-order chi connectivity index (χ1) is 69.4. The summed E-state index contributed by atoms with van der Waals surface area (Å²) in [4.78, 5) is 11.6. The Labute approximate surface area is 810 Å². The van der Waals surface area contributed by atoms with Crippen LogP contribution < -0.4 is 0 Å². The lowest BCUT2D eigenvalue weighted by molar-refractivity contribution is 0.794. The maximum absolute atomic E-state index is 5.84. The second-order valence-corrected chi connectivity index (χ2v) is 37.9. The van der Waals surface area contributed by atoms with Crippen LogP contribution in [-0.2, 0) is 10.8 Å². The summed E-state index contributed by atoms with van der Waals surface area (Å²) >= 11 is 0. The molecule has 4 aliphatic rings. The average Bonchev–Trinajstić information content (AvgIpc) is 1.51. The molecule has 22 aromatic carbocycles. The molecule has 4 aliphatic carbocycles. The smallest absolute Gasteiger partial charge is 0.0725 e. The topological polar surface area (TPSA) is 35.6 Å². The lowest BCUT2D eigenvalue weighted by Gasteiger charge is -2.30. The van der Waals surface area contributed by atoms with E-state index in [0.29, 0.717) is 0 Å². The molecule has 4 aromatic heterocycles. The first-order valence-electron chi connectivity index (χ1n) is 48.6. The molecular formula is C136H84N4. The molecule has 4 heteroatoms. The highest BCUT2D eigenvalue weighted by Gasteiger charge is 2.54. The Morgan fingerprint density at radius 1 is 0.143 bits per heavy atom. The van der Waals surface area contributed by atoms with Crippen molar-refractivity contribution in [3.8, 4) is 145 Å². The van der Waals surface area contributed by atoms with Gasteiger partial charge in [-0.05, 0) is 280 Å². The molecule has 140 heavy (non-hydrogen) atoms. The van der Waals surface area contributed by atoms with E-state index >= 15 is 0 Å². The molecule has 30 rings (SSSR count). The summed E-state index contributed by atoms with van der Waals surface area (Å²) in [5, 5.41) is 14.8. The SMILES string of the molecule is c1ccc(-c2cc(-c3cc(-c4cc5ccccc5c5ccccc45)cc(-n4c5ccccc5c5ccccc54)c3)nc(-c3ccc4c(c3)C3(c5ccccc5-c5ccccc53)c3ccccc3-4)c2)cc1.c1ccc(-c2cc(-c3cc(-c4cc5ccccc5c5ccccc45)cc(-n4c5ccccc5c5ccccc54)c3)nc(-c3cccc4c3-c3ccccc3C43c4ccccc4-c4ccccc43)c2)cc1. The van der Waals surface area contributed by atoms with Crippen molar-refractivity contribution in [2.24, 2.45) is 0 Å². The molecule has 2 spiro atoms. The maximum atomic E-state index is 5.84. The average molecular weight is 1770 g/mol. The van der Waals surface area contributed by atoms with E-state index in [9.17, 15) is 0 Å². The van der Waals surface area contributed by atoms with E-state index in [-0.39, 0.29) is 0 Å². The minimum absolute atomic E-state index is 0.455. The standard InChI is InChI=1S/2C68H42N2/c1-2-19-43(20-3-1)45-41-63(69-64(42-45)57-30-18-34-62-67(57)56-29-10-15-33-61(56)68(62)59-31-13-8-25-52(59)53-26-9-14-32-60(53)68)47-37-46(58-40-44-21-4-5-22-49(44)50-23-6-7-24-51(50)58)38-48(39-47)70-65-35-16-11-27-54(65)55-28-12-17-36-66(55)70;1-2-18-43(19-3-1)46-41-64(45-34-35-56-55-26-10-15-31-62(55)68(63(56)40-45)60-29-13-8-24-53(60)54-25-9-14-30-61(54)68)69-65(42-46)48-36-47(59-39-44-20-4-5-21-50(44)51-22-6-7-23-52(51)59)37-49(38-48)70-66-32-16-11-27-57(66)58-28-12-17-33-67(58)70/h2*1-42H. The molecule has 0 fully saturated rings. The Balaban J connectivity index is 0.000000134. The number of hydrogen-bond acceptors (Lipinski definition) is 2. The van der Waals surface area contributed by atoms with Gasteiger partial charge in [0.05, 0.1) is 55.7 Å². The second-order valence-electron chi connectivity index (χ2n) is 37.9. The zero-order valence-corrected chi connectivity index (χ0v) is 76.3. The van der Waals surface area contributed by atoms with Crippen LogP contribution in [0.1, 0.15) is 44.5 Å². The third-order valence-electron chi connectivity index (χ3n) is 30.7. The lowest BCUT2D eigenvalue weighted by Crippen LogP contribution is -2.25. The van der Waals surface area contributed by atoms with Gasteiger partial charge in [-0.25, -0.2) is 9.97 Å². The minimum Gasteiger partial charge on any atom is -0.309 e. The van der Waals surface area contributed by atoms with Crippen molar-refractivity contribution in [2.75, 3.05) is 0 Å². The Morgan fingerprint density at radius 2 is 0.436 bits per heavy atom.